The fourth-order valence-electron chi connectivity index (χ4n) is 1.67. The van der Waals surface area contributed by atoms with Crippen LogP contribution in [0.5, 0.6) is 0 Å². The molecule has 0 aliphatic carbocycles. The monoisotopic (exact) mass is 294 g/mol. The van der Waals surface area contributed by atoms with E-state index in [9.17, 15) is 28.5 Å². The molecule has 1 aromatic heterocycles. The Morgan fingerprint density at radius 3 is 2.57 bits per heavy atom. The van der Waals surface area contributed by atoms with E-state index in [2.05, 4.69) is 0 Å². The molecule has 0 bridgehead atoms. The van der Waals surface area contributed by atoms with Crippen molar-refractivity contribution in [2.75, 3.05) is 0 Å². The van der Waals surface area contributed by atoms with Gasteiger partial charge in [0, 0.05) is 17.8 Å². The maximum absolute atomic E-state index is 13.0. The largest absolute Gasteiger partial charge is 0.340 e. The van der Waals surface area contributed by atoms with Crippen LogP contribution in [0, 0.1) is 21.7 Å². The quantitative estimate of drug-likeness (QED) is 0.490. The smallest absolute Gasteiger partial charge is 0.332 e. The van der Waals surface area contributed by atoms with Crippen LogP contribution in [0.25, 0.3) is 0 Å². The molecule has 21 heavy (non-hydrogen) atoms. The first-order valence-corrected chi connectivity index (χ1v) is 5.71. The molecule has 6 nitrogen and oxygen atoms in total. The van der Waals surface area contributed by atoms with Crippen LogP contribution < -0.4 is 5.43 Å². The van der Waals surface area contributed by atoms with Crippen molar-refractivity contribution in [1.82, 2.24) is 4.57 Å². The summed E-state index contributed by atoms with van der Waals surface area (Å²) in [6, 6.07) is 3.62. The summed E-state index contributed by atoms with van der Waals surface area (Å²) in [7, 11) is 0. The van der Waals surface area contributed by atoms with Crippen molar-refractivity contribution in [2.24, 2.45) is 0 Å². The second-order valence-electron chi connectivity index (χ2n) is 4.18. The zero-order valence-electron chi connectivity index (χ0n) is 10.5. The molecule has 0 amide bonds. The SMILES string of the molecule is O=C(Cn1ccc(=O)c([N+](=O)[O-])c1)c1ccc(F)c(F)c1. The number of nitrogens with zero attached hydrogens (tertiary/aromatic N) is 2. The molecule has 0 unspecified atom stereocenters. The van der Waals surface area contributed by atoms with Crippen LogP contribution in [-0.2, 0) is 6.54 Å². The molecule has 0 radical (unpaired) electrons. The fraction of sp³-hybridized carbons (Fsp3) is 0.0769. The Balaban J connectivity index is 2.27. The van der Waals surface area contributed by atoms with Gasteiger partial charge in [0.2, 0.25) is 0 Å². The molecule has 0 aliphatic heterocycles. The topological polar surface area (TPSA) is 82.2 Å². The first-order valence-electron chi connectivity index (χ1n) is 5.71. The van der Waals surface area contributed by atoms with Crippen LogP contribution in [0.2, 0.25) is 0 Å². The average Bonchev–Trinajstić information content (AvgIpc) is 2.43. The third kappa shape index (κ3) is 3.16. The second-order valence-corrected chi connectivity index (χ2v) is 4.18. The predicted molar refractivity (Wildman–Crippen MR) is 68.0 cm³/mol. The molecule has 2 rings (SSSR count). The summed E-state index contributed by atoms with van der Waals surface area (Å²) in [4.78, 5) is 32.9. The maximum atomic E-state index is 13.0. The third-order valence-electron chi connectivity index (χ3n) is 2.72. The highest BCUT2D eigenvalue weighted by molar-refractivity contribution is 5.95. The lowest BCUT2D eigenvalue weighted by molar-refractivity contribution is -0.386. The number of hydrogen-bond donors (Lipinski definition) is 0. The van der Waals surface area contributed by atoms with Gasteiger partial charge >= 0.3 is 5.69 Å². The Morgan fingerprint density at radius 2 is 1.95 bits per heavy atom. The molecule has 0 saturated heterocycles. The van der Waals surface area contributed by atoms with E-state index in [-0.39, 0.29) is 12.1 Å². The van der Waals surface area contributed by atoms with Crippen molar-refractivity contribution in [3.63, 3.8) is 0 Å². The summed E-state index contributed by atoms with van der Waals surface area (Å²) < 4.78 is 26.9. The standard InChI is InChI=1S/C13H8F2N2O4/c14-9-2-1-8(5-10(9)15)13(19)7-16-4-3-12(18)11(6-16)17(20)21/h1-6H,7H2. The first-order chi connectivity index (χ1) is 9.88. The molecule has 108 valence electrons. The predicted octanol–water partition coefficient (Wildman–Crippen LogP) is 1.92. The molecule has 0 spiro atoms. The number of rotatable bonds is 4. The summed E-state index contributed by atoms with van der Waals surface area (Å²) >= 11 is 0. The zero-order valence-corrected chi connectivity index (χ0v) is 10.5. The number of hydrogen-bond acceptors (Lipinski definition) is 4. The maximum Gasteiger partial charge on any atom is 0.332 e. The highest BCUT2D eigenvalue weighted by Gasteiger charge is 2.14. The van der Waals surface area contributed by atoms with E-state index in [0.717, 1.165) is 35.0 Å². The van der Waals surface area contributed by atoms with E-state index >= 15 is 0 Å². The molecule has 0 saturated carbocycles. The molecular formula is C13H8F2N2O4. The van der Waals surface area contributed by atoms with Gasteiger partial charge in [0.25, 0.3) is 5.43 Å². The highest BCUT2D eigenvalue weighted by Crippen LogP contribution is 2.11. The molecule has 0 aliphatic rings. The normalized spacial score (nSPS) is 10.4. The number of halogens is 2. The lowest BCUT2D eigenvalue weighted by Crippen LogP contribution is -2.15. The van der Waals surface area contributed by atoms with Crippen molar-refractivity contribution in [2.45, 2.75) is 6.54 Å². The average molecular weight is 294 g/mol. The fourth-order valence-corrected chi connectivity index (χ4v) is 1.67. The Bertz CT molecular complexity index is 786. The van der Waals surface area contributed by atoms with E-state index in [0.29, 0.717) is 0 Å². The van der Waals surface area contributed by atoms with E-state index in [1.54, 1.807) is 0 Å². The number of carbonyl (C=O) groups is 1. The van der Waals surface area contributed by atoms with Crippen LogP contribution in [0.3, 0.4) is 0 Å². The van der Waals surface area contributed by atoms with E-state index in [1.165, 1.54) is 6.20 Å². The van der Waals surface area contributed by atoms with Gasteiger partial charge in [-0.3, -0.25) is 19.7 Å². The molecular weight excluding hydrogens is 286 g/mol. The van der Waals surface area contributed by atoms with Crippen molar-refractivity contribution in [3.8, 4) is 0 Å². The molecule has 0 N–H and O–H groups in total. The van der Waals surface area contributed by atoms with Crippen LogP contribution in [0.15, 0.2) is 41.5 Å². The number of ketones is 1. The Kier molecular flexibility index (Phi) is 3.88. The molecule has 2 aromatic rings. The summed E-state index contributed by atoms with van der Waals surface area (Å²) in [6.45, 7) is -0.341. The summed E-state index contributed by atoms with van der Waals surface area (Å²) in [5, 5.41) is 10.6. The Hall–Kier alpha value is -2.90. The lowest BCUT2D eigenvalue weighted by atomic mass is 10.1. The van der Waals surface area contributed by atoms with Crippen molar-refractivity contribution in [1.29, 1.82) is 0 Å². The number of benzene rings is 1. The van der Waals surface area contributed by atoms with Gasteiger partial charge in [0.15, 0.2) is 17.4 Å². The van der Waals surface area contributed by atoms with Gasteiger partial charge in [0.05, 0.1) is 17.7 Å². The van der Waals surface area contributed by atoms with Gasteiger partial charge in [-0.1, -0.05) is 0 Å². The van der Waals surface area contributed by atoms with Gasteiger partial charge in [-0.25, -0.2) is 8.78 Å². The zero-order chi connectivity index (χ0) is 15.6. The minimum absolute atomic E-state index is 0.0738. The van der Waals surface area contributed by atoms with Crippen LogP contribution >= 0.6 is 0 Å². The molecule has 8 heteroatoms. The lowest BCUT2D eigenvalue weighted by Gasteiger charge is -2.05. The second kappa shape index (κ2) is 5.61. The molecule has 0 atom stereocenters. The molecule has 0 fully saturated rings. The van der Waals surface area contributed by atoms with E-state index in [4.69, 9.17) is 0 Å². The van der Waals surface area contributed by atoms with Crippen LogP contribution in [0.4, 0.5) is 14.5 Å². The number of pyridine rings is 1. The van der Waals surface area contributed by atoms with Crippen molar-refractivity contribution in [3.05, 3.63) is 74.2 Å². The summed E-state index contributed by atoms with van der Waals surface area (Å²) in [6.07, 6.45) is 2.12. The Labute approximate surface area is 116 Å². The van der Waals surface area contributed by atoms with Gasteiger partial charge in [-0.15, -0.1) is 0 Å². The van der Waals surface area contributed by atoms with Crippen molar-refractivity contribution >= 4 is 11.5 Å². The van der Waals surface area contributed by atoms with Gasteiger partial charge < -0.3 is 4.57 Å². The third-order valence-corrected chi connectivity index (χ3v) is 2.72. The van der Waals surface area contributed by atoms with E-state index < -0.39 is 33.5 Å². The van der Waals surface area contributed by atoms with Gasteiger partial charge in [-0.05, 0) is 18.2 Å². The van der Waals surface area contributed by atoms with Crippen LogP contribution in [0.1, 0.15) is 10.4 Å². The van der Waals surface area contributed by atoms with Crippen LogP contribution in [-0.4, -0.2) is 15.3 Å². The first kappa shape index (κ1) is 14.5. The number of nitro groups is 1. The number of aromatic nitrogens is 1. The number of Topliss-reactive ketones (excluding diaryl/α,β-unsaturated/α-hetero) is 1. The highest BCUT2D eigenvalue weighted by atomic mass is 19.2. The minimum atomic E-state index is -1.16. The van der Waals surface area contributed by atoms with Gasteiger partial charge in [-0.2, -0.15) is 0 Å². The number of carbonyl (C=O) groups excluding carboxylic acids is 1. The minimum Gasteiger partial charge on any atom is -0.340 e. The van der Waals surface area contributed by atoms with E-state index in [1.807, 2.05) is 0 Å². The molecule has 1 heterocycles. The summed E-state index contributed by atoms with van der Waals surface area (Å²) in [5.41, 5.74) is -1.53. The van der Waals surface area contributed by atoms with Gasteiger partial charge in [0.1, 0.15) is 0 Å². The summed E-state index contributed by atoms with van der Waals surface area (Å²) in [5.74, 6) is -2.82. The Morgan fingerprint density at radius 1 is 1.24 bits per heavy atom. The van der Waals surface area contributed by atoms with Crippen molar-refractivity contribution < 1.29 is 18.5 Å². The molecule has 1 aromatic carbocycles.